The Hall–Kier alpha value is -1.78. The fraction of sp³-hybridized carbons (Fsp3) is 0.333. The highest BCUT2D eigenvalue weighted by molar-refractivity contribution is 8.13. The van der Waals surface area contributed by atoms with E-state index in [9.17, 15) is 4.39 Å². The zero-order chi connectivity index (χ0) is 14.1. The molecule has 0 radical (unpaired) electrons. The largest absolute Gasteiger partial charge is 0.488 e. The number of nitrogens with zero attached hydrogens (tertiary/aromatic N) is 2. The fourth-order valence-electron chi connectivity index (χ4n) is 1.20. The van der Waals surface area contributed by atoms with Gasteiger partial charge in [0.25, 0.3) is 0 Å². The predicted octanol–water partition coefficient (Wildman–Crippen LogP) is 2.27. The number of hydrogen-bond donors (Lipinski definition) is 1. The van der Waals surface area contributed by atoms with E-state index in [1.165, 1.54) is 23.9 Å². The zero-order valence-corrected chi connectivity index (χ0v) is 11.5. The first-order chi connectivity index (χ1) is 9.21. The number of nitrogens with one attached hydrogen (secondary N) is 1. The number of benzene rings is 1. The van der Waals surface area contributed by atoms with Gasteiger partial charge < -0.3 is 9.47 Å². The Balaban J connectivity index is 2.78. The molecule has 7 heteroatoms. The Kier molecular flexibility index (Phi) is 6.71. The van der Waals surface area contributed by atoms with E-state index in [0.717, 1.165) is 0 Å². The molecule has 0 spiro atoms. The molecule has 0 aliphatic carbocycles. The van der Waals surface area contributed by atoms with Crippen LogP contribution < -0.4 is 10.1 Å². The maximum absolute atomic E-state index is 13.7. The number of amidine groups is 1. The van der Waals surface area contributed by atoms with E-state index < -0.39 is 5.82 Å². The van der Waals surface area contributed by atoms with Crippen LogP contribution in [0.15, 0.2) is 23.2 Å². The minimum Gasteiger partial charge on any atom is -0.488 e. The molecule has 0 bridgehead atoms. The van der Waals surface area contributed by atoms with E-state index in [0.29, 0.717) is 17.5 Å². The molecule has 5 nitrogen and oxygen atoms in total. The van der Waals surface area contributed by atoms with Crippen LogP contribution in [0.3, 0.4) is 0 Å². The van der Waals surface area contributed by atoms with E-state index in [-0.39, 0.29) is 12.4 Å². The lowest BCUT2D eigenvalue weighted by Crippen LogP contribution is -2.12. The van der Waals surface area contributed by atoms with Gasteiger partial charge in [-0.1, -0.05) is 11.8 Å². The molecule has 0 heterocycles. The van der Waals surface area contributed by atoms with Crippen molar-refractivity contribution in [3.8, 4) is 11.9 Å². The highest BCUT2D eigenvalue weighted by atomic mass is 32.2. The number of thioether (sulfide) groups is 1. The van der Waals surface area contributed by atoms with E-state index in [4.69, 9.17) is 14.7 Å². The van der Waals surface area contributed by atoms with Crippen LogP contribution in [0.5, 0.6) is 5.75 Å². The second-order valence-corrected chi connectivity index (χ2v) is 4.11. The van der Waals surface area contributed by atoms with Gasteiger partial charge in [-0.15, -0.1) is 0 Å². The highest BCUT2D eigenvalue weighted by Gasteiger charge is 2.05. The van der Waals surface area contributed by atoms with Crippen molar-refractivity contribution in [2.45, 2.75) is 0 Å². The molecule has 19 heavy (non-hydrogen) atoms. The minimum atomic E-state index is -0.505. The van der Waals surface area contributed by atoms with Crippen molar-refractivity contribution in [3.63, 3.8) is 0 Å². The average Bonchev–Trinajstić information content (AvgIpc) is 2.41. The lowest BCUT2D eigenvalue weighted by molar-refractivity contribution is 0.144. The van der Waals surface area contributed by atoms with Gasteiger partial charge in [0.15, 0.2) is 22.9 Å². The van der Waals surface area contributed by atoms with Crippen LogP contribution in [-0.2, 0) is 4.74 Å². The fourth-order valence-corrected chi connectivity index (χ4v) is 1.55. The first kappa shape index (κ1) is 15.3. The number of ether oxygens (including phenoxy) is 2. The molecule has 102 valence electrons. The van der Waals surface area contributed by atoms with Crippen molar-refractivity contribution >= 4 is 22.6 Å². The van der Waals surface area contributed by atoms with Gasteiger partial charge in [-0.2, -0.15) is 5.26 Å². The minimum absolute atomic E-state index is 0.148. The molecule has 0 saturated heterocycles. The Morgan fingerprint density at radius 2 is 2.32 bits per heavy atom. The number of hydrogen-bond acceptors (Lipinski definition) is 5. The van der Waals surface area contributed by atoms with Crippen LogP contribution in [0.2, 0.25) is 0 Å². The van der Waals surface area contributed by atoms with E-state index in [2.05, 4.69) is 10.3 Å². The molecule has 0 aliphatic heterocycles. The lowest BCUT2D eigenvalue weighted by Gasteiger charge is -2.07. The summed E-state index contributed by atoms with van der Waals surface area (Å²) in [6.45, 7) is 0.671. The molecule has 0 aromatic heterocycles. The van der Waals surface area contributed by atoms with Crippen molar-refractivity contribution in [2.75, 3.05) is 26.6 Å². The Bertz CT molecular complexity index is 488. The van der Waals surface area contributed by atoms with Crippen molar-refractivity contribution in [3.05, 3.63) is 24.0 Å². The summed E-state index contributed by atoms with van der Waals surface area (Å²) in [5, 5.41) is 11.3. The van der Waals surface area contributed by atoms with Gasteiger partial charge in [0, 0.05) is 13.2 Å². The van der Waals surface area contributed by atoms with Gasteiger partial charge in [-0.3, -0.25) is 5.32 Å². The van der Waals surface area contributed by atoms with Crippen LogP contribution in [-0.4, -0.2) is 31.7 Å². The van der Waals surface area contributed by atoms with E-state index in [1.807, 2.05) is 0 Å². The molecule has 0 atom stereocenters. The third-order valence-electron chi connectivity index (χ3n) is 2.05. The SMILES string of the molecule is COCCOc1ccc(N=C(NC#N)SC)cc1F. The van der Waals surface area contributed by atoms with E-state index >= 15 is 0 Å². The first-order valence-electron chi connectivity index (χ1n) is 5.40. The lowest BCUT2D eigenvalue weighted by atomic mass is 10.3. The summed E-state index contributed by atoms with van der Waals surface area (Å²) in [6, 6.07) is 4.35. The molecule has 1 aromatic rings. The molecular formula is C12H14FN3O2S. The summed E-state index contributed by atoms with van der Waals surface area (Å²) < 4.78 is 23.7. The van der Waals surface area contributed by atoms with Crippen LogP contribution in [0.1, 0.15) is 0 Å². The van der Waals surface area contributed by atoms with Gasteiger partial charge in [0.2, 0.25) is 0 Å². The average molecular weight is 283 g/mol. The normalized spacial score (nSPS) is 10.9. The topological polar surface area (TPSA) is 66.6 Å². The standard InChI is InChI=1S/C12H14FN3O2S/c1-17-5-6-18-11-4-3-9(7-10(11)13)16-12(19-2)15-8-14/h3-4,7H,5-6H2,1-2H3,(H,15,16). The maximum Gasteiger partial charge on any atom is 0.183 e. The molecular weight excluding hydrogens is 269 g/mol. The second kappa shape index (κ2) is 8.34. The molecule has 0 amide bonds. The summed E-state index contributed by atoms with van der Waals surface area (Å²) in [7, 11) is 1.55. The Labute approximate surface area is 115 Å². The summed E-state index contributed by atoms with van der Waals surface area (Å²) >= 11 is 1.26. The molecule has 0 saturated carbocycles. The second-order valence-electron chi connectivity index (χ2n) is 3.31. The van der Waals surface area contributed by atoms with E-state index in [1.54, 1.807) is 25.6 Å². The predicted molar refractivity (Wildman–Crippen MR) is 73.1 cm³/mol. The molecule has 1 N–H and O–H groups in total. The van der Waals surface area contributed by atoms with Crippen molar-refractivity contribution in [1.82, 2.24) is 5.32 Å². The van der Waals surface area contributed by atoms with Gasteiger partial charge in [-0.05, 0) is 18.4 Å². The quantitative estimate of drug-likeness (QED) is 0.295. The molecule has 0 unspecified atom stereocenters. The first-order valence-corrected chi connectivity index (χ1v) is 6.62. The summed E-state index contributed by atoms with van der Waals surface area (Å²) in [6.07, 6.45) is 3.53. The van der Waals surface area contributed by atoms with Crippen LogP contribution >= 0.6 is 11.8 Å². The molecule has 1 rings (SSSR count). The summed E-state index contributed by atoms with van der Waals surface area (Å²) in [5.74, 6) is -0.357. The van der Waals surface area contributed by atoms with Gasteiger partial charge in [0.1, 0.15) is 6.61 Å². The zero-order valence-electron chi connectivity index (χ0n) is 10.6. The van der Waals surface area contributed by atoms with Gasteiger partial charge in [0.05, 0.1) is 12.3 Å². The smallest absolute Gasteiger partial charge is 0.183 e. The highest BCUT2D eigenvalue weighted by Crippen LogP contribution is 2.23. The number of aliphatic imine (C=N–C) groups is 1. The van der Waals surface area contributed by atoms with Gasteiger partial charge in [-0.25, -0.2) is 9.38 Å². The molecule has 1 aromatic carbocycles. The monoisotopic (exact) mass is 283 g/mol. The number of methoxy groups -OCH3 is 1. The summed E-state index contributed by atoms with van der Waals surface area (Å²) in [5.41, 5.74) is 0.406. The Morgan fingerprint density at radius 3 is 2.89 bits per heavy atom. The van der Waals surface area contributed by atoms with Gasteiger partial charge >= 0.3 is 0 Å². The maximum atomic E-state index is 13.7. The number of halogens is 1. The third kappa shape index (κ3) is 5.16. The number of rotatable bonds is 5. The Morgan fingerprint density at radius 1 is 1.53 bits per heavy atom. The summed E-state index contributed by atoms with van der Waals surface area (Å²) in [4.78, 5) is 4.09. The van der Waals surface area contributed by atoms with Crippen LogP contribution in [0, 0.1) is 17.3 Å². The van der Waals surface area contributed by atoms with Crippen molar-refractivity contribution < 1.29 is 13.9 Å². The molecule has 0 aliphatic rings. The van der Waals surface area contributed by atoms with Crippen molar-refractivity contribution in [1.29, 1.82) is 5.26 Å². The molecule has 0 fully saturated rings. The third-order valence-corrected chi connectivity index (χ3v) is 2.63. The number of nitriles is 1. The van der Waals surface area contributed by atoms with Crippen LogP contribution in [0.4, 0.5) is 10.1 Å². The van der Waals surface area contributed by atoms with Crippen molar-refractivity contribution in [2.24, 2.45) is 4.99 Å². The van der Waals surface area contributed by atoms with Crippen LogP contribution in [0.25, 0.3) is 0 Å².